The molecule has 2 aromatic rings. The number of benzene rings is 2. The van der Waals surface area contributed by atoms with Crippen LogP contribution in [0.5, 0.6) is 0 Å². The second-order valence-electron chi connectivity index (χ2n) is 6.79. The molecule has 4 nitrogen and oxygen atoms in total. The first kappa shape index (κ1) is 22.5. The molecule has 154 valence electrons. The van der Waals surface area contributed by atoms with Crippen molar-refractivity contribution in [2.45, 2.75) is 19.8 Å². The summed E-state index contributed by atoms with van der Waals surface area (Å²) in [5.41, 5.74) is 2.81. The van der Waals surface area contributed by atoms with Crippen LogP contribution in [0.2, 0.25) is 0 Å². The third kappa shape index (κ3) is 6.39. The summed E-state index contributed by atoms with van der Waals surface area (Å²) in [6, 6.07) is 17.4. The molecule has 0 radical (unpaired) electrons. The van der Waals surface area contributed by atoms with Crippen LogP contribution in [0.4, 0.5) is 5.69 Å². The van der Waals surface area contributed by atoms with E-state index in [4.69, 9.17) is 12.2 Å². The fourth-order valence-electron chi connectivity index (χ4n) is 2.91. The predicted molar refractivity (Wildman–Crippen MR) is 132 cm³/mol. The molecule has 0 bridgehead atoms. The quantitative estimate of drug-likeness (QED) is 0.373. The van der Waals surface area contributed by atoms with Crippen LogP contribution >= 0.6 is 39.9 Å². The van der Waals surface area contributed by atoms with Crippen LogP contribution in [0, 0.1) is 0 Å². The Morgan fingerprint density at radius 2 is 1.87 bits per heavy atom. The maximum Gasteiger partial charge on any atom is 0.266 e. The molecule has 2 aromatic carbocycles. The SMILES string of the molecule is CC(=Cc1ccccc1)C=C1SC(=S)N(CCCC(=O)Nc2ccc(Br)cc2)C1=O. The number of anilines is 1. The molecule has 1 aliphatic heterocycles. The second kappa shape index (κ2) is 10.7. The summed E-state index contributed by atoms with van der Waals surface area (Å²) >= 11 is 10.0. The van der Waals surface area contributed by atoms with Crippen molar-refractivity contribution >= 4 is 67.8 Å². The molecule has 1 heterocycles. The highest BCUT2D eigenvalue weighted by atomic mass is 79.9. The van der Waals surface area contributed by atoms with E-state index in [2.05, 4.69) is 21.2 Å². The van der Waals surface area contributed by atoms with Gasteiger partial charge in [-0.1, -0.05) is 76.3 Å². The highest BCUT2D eigenvalue weighted by Gasteiger charge is 2.31. The van der Waals surface area contributed by atoms with E-state index in [9.17, 15) is 9.59 Å². The molecule has 2 amide bonds. The van der Waals surface area contributed by atoms with Crippen LogP contribution in [-0.2, 0) is 9.59 Å². The molecule has 1 saturated heterocycles. The number of halogens is 1. The van der Waals surface area contributed by atoms with Crippen molar-refractivity contribution in [2.24, 2.45) is 0 Å². The van der Waals surface area contributed by atoms with E-state index >= 15 is 0 Å². The van der Waals surface area contributed by atoms with Crippen LogP contribution < -0.4 is 5.32 Å². The molecule has 1 aliphatic rings. The summed E-state index contributed by atoms with van der Waals surface area (Å²) in [5, 5.41) is 2.85. The largest absolute Gasteiger partial charge is 0.326 e. The van der Waals surface area contributed by atoms with Crippen molar-refractivity contribution in [3.63, 3.8) is 0 Å². The fourth-order valence-corrected chi connectivity index (χ4v) is 4.53. The monoisotopic (exact) mass is 500 g/mol. The van der Waals surface area contributed by atoms with Crippen LogP contribution in [0.25, 0.3) is 6.08 Å². The first-order chi connectivity index (χ1) is 14.4. The number of allylic oxidation sites excluding steroid dienone is 2. The van der Waals surface area contributed by atoms with E-state index in [0.717, 1.165) is 21.3 Å². The lowest BCUT2D eigenvalue weighted by atomic mass is 10.1. The van der Waals surface area contributed by atoms with E-state index in [0.29, 0.717) is 28.6 Å². The van der Waals surface area contributed by atoms with Gasteiger partial charge < -0.3 is 5.32 Å². The minimum atomic E-state index is -0.0980. The number of carbonyl (C=O) groups is 2. The molecule has 7 heteroatoms. The molecule has 0 unspecified atom stereocenters. The topological polar surface area (TPSA) is 49.4 Å². The zero-order valence-corrected chi connectivity index (χ0v) is 19.6. The van der Waals surface area contributed by atoms with Gasteiger partial charge in [0.1, 0.15) is 4.32 Å². The highest BCUT2D eigenvalue weighted by molar-refractivity contribution is 9.10. The number of thiocarbonyl (C=S) groups is 1. The number of hydrogen-bond acceptors (Lipinski definition) is 4. The summed E-state index contributed by atoms with van der Waals surface area (Å²) in [5.74, 6) is -0.181. The number of hydrogen-bond donors (Lipinski definition) is 1. The Morgan fingerprint density at radius 3 is 2.57 bits per heavy atom. The van der Waals surface area contributed by atoms with Crippen LogP contribution in [-0.4, -0.2) is 27.6 Å². The Hall–Kier alpha value is -2.22. The smallest absolute Gasteiger partial charge is 0.266 e. The van der Waals surface area contributed by atoms with Crippen molar-refractivity contribution in [2.75, 3.05) is 11.9 Å². The van der Waals surface area contributed by atoms with Gasteiger partial charge in [-0.25, -0.2) is 0 Å². The molecular weight excluding hydrogens is 480 g/mol. The van der Waals surface area contributed by atoms with Gasteiger partial charge in [-0.3, -0.25) is 14.5 Å². The third-order valence-corrected chi connectivity index (χ3v) is 6.25. The summed E-state index contributed by atoms with van der Waals surface area (Å²) < 4.78 is 1.49. The minimum absolute atomic E-state index is 0.0834. The van der Waals surface area contributed by atoms with Crippen LogP contribution in [0.1, 0.15) is 25.3 Å². The number of nitrogens with one attached hydrogen (secondary N) is 1. The molecule has 30 heavy (non-hydrogen) atoms. The standard InChI is InChI=1S/C23H21BrN2O2S2/c1-16(14-17-6-3-2-4-7-17)15-20-22(28)26(23(29)30-20)13-5-8-21(27)25-19-11-9-18(24)10-12-19/h2-4,6-7,9-12,14-15H,5,8,13H2,1H3,(H,25,27). The average molecular weight is 501 g/mol. The van der Waals surface area contributed by atoms with Gasteiger partial charge >= 0.3 is 0 Å². The Kier molecular flexibility index (Phi) is 8.01. The molecule has 3 rings (SSSR count). The first-order valence-electron chi connectivity index (χ1n) is 9.46. The summed E-state index contributed by atoms with van der Waals surface area (Å²) in [7, 11) is 0. The van der Waals surface area contributed by atoms with Crippen molar-refractivity contribution in [1.82, 2.24) is 4.90 Å². The lowest BCUT2D eigenvalue weighted by Crippen LogP contribution is -2.29. The number of thioether (sulfide) groups is 1. The van der Waals surface area contributed by atoms with Crippen molar-refractivity contribution < 1.29 is 9.59 Å². The Labute approximate surface area is 194 Å². The lowest BCUT2D eigenvalue weighted by Gasteiger charge is -2.14. The van der Waals surface area contributed by atoms with Crippen molar-refractivity contribution in [3.8, 4) is 0 Å². The van der Waals surface area contributed by atoms with Gasteiger partial charge in [-0.15, -0.1) is 0 Å². The van der Waals surface area contributed by atoms with Gasteiger partial charge in [0.2, 0.25) is 5.91 Å². The maximum absolute atomic E-state index is 12.7. The summed E-state index contributed by atoms with van der Waals surface area (Å²) in [6.45, 7) is 2.39. The van der Waals surface area contributed by atoms with E-state index in [1.54, 1.807) is 4.90 Å². The van der Waals surface area contributed by atoms with Gasteiger partial charge in [0.25, 0.3) is 5.91 Å². The molecule has 1 fully saturated rings. The minimum Gasteiger partial charge on any atom is -0.326 e. The van der Waals surface area contributed by atoms with Gasteiger partial charge in [0.05, 0.1) is 4.91 Å². The lowest BCUT2D eigenvalue weighted by molar-refractivity contribution is -0.122. The highest BCUT2D eigenvalue weighted by Crippen LogP contribution is 2.32. The van der Waals surface area contributed by atoms with Crippen molar-refractivity contribution in [1.29, 1.82) is 0 Å². The van der Waals surface area contributed by atoms with Crippen molar-refractivity contribution in [3.05, 3.63) is 81.2 Å². The molecule has 1 N–H and O–H groups in total. The van der Waals surface area contributed by atoms with E-state index in [1.165, 1.54) is 11.8 Å². The number of nitrogens with zero attached hydrogens (tertiary/aromatic N) is 1. The zero-order valence-electron chi connectivity index (χ0n) is 16.4. The van der Waals surface area contributed by atoms with E-state index in [-0.39, 0.29) is 11.8 Å². The second-order valence-corrected chi connectivity index (χ2v) is 9.38. The number of carbonyl (C=O) groups excluding carboxylic acids is 2. The number of amides is 2. The Balaban J connectivity index is 1.52. The molecule has 0 atom stereocenters. The molecular formula is C23H21BrN2O2S2. The van der Waals surface area contributed by atoms with Gasteiger partial charge in [0, 0.05) is 23.1 Å². The fraction of sp³-hybridized carbons (Fsp3) is 0.174. The molecule has 0 spiro atoms. The summed E-state index contributed by atoms with van der Waals surface area (Å²) in [4.78, 5) is 27.0. The van der Waals surface area contributed by atoms with Gasteiger partial charge in [-0.2, -0.15) is 0 Å². The average Bonchev–Trinajstić information content (AvgIpc) is 2.97. The van der Waals surface area contributed by atoms with Crippen LogP contribution in [0.15, 0.2) is 75.6 Å². The third-order valence-electron chi connectivity index (χ3n) is 4.34. The van der Waals surface area contributed by atoms with E-state index in [1.807, 2.05) is 73.7 Å². The summed E-state index contributed by atoms with van der Waals surface area (Å²) in [6.07, 6.45) is 4.76. The van der Waals surface area contributed by atoms with Gasteiger partial charge in [0.15, 0.2) is 0 Å². The Bertz CT molecular complexity index is 1000. The molecule has 0 aliphatic carbocycles. The maximum atomic E-state index is 12.7. The Morgan fingerprint density at radius 1 is 1.17 bits per heavy atom. The molecule has 0 saturated carbocycles. The van der Waals surface area contributed by atoms with E-state index < -0.39 is 0 Å². The van der Waals surface area contributed by atoms with Gasteiger partial charge in [-0.05, 0) is 54.8 Å². The van der Waals surface area contributed by atoms with Crippen LogP contribution in [0.3, 0.4) is 0 Å². The predicted octanol–water partition coefficient (Wildman–Crippen LogP) is 6.02. The normalized spacial score (nSPS) is 15.7. The zero-order chi connectivity index (χ0) is 21.5. The first-order valence-corrected chi connectivity index (χ1v) is 11.5. The molecule has 0 aromatic heterocycles. The number of rotatable bonds is 7.